The van der Waals surface area contributed by atoms with E-state index < -0.39 is 14.4 Å². The van der Waals surface area contributed by atoms with Crippen molar-refractivity contribution < 1.29 is 9.53 Å². The average Bonchev–Trinajstić information content (AvgIpc) is 2.85. The molecule has 1 atom stereocenters. The van der Waals surface area contributed by atoms with E-state index in [-0.39, 0.29) is 5.04 Å². The number of para-hydroxylation sites is 1. The van der Waals surface area contributed by atoms with Gasteiger partial charge in [-0.2, -0.15) is 0 Å². The second kappa shape index (κ2) is 6.57. The predicted molar refractivity (Wildman–Crippen MR) is 95.7 cm³/mol. The smallest absolute Gasteiger partial charge is 0.192 e. The highest BCUT2D eigenvalue weighted by molar-refractivity contribution is 6.74. The Hall–Kier alpha value is -1.10. The normalized spacial score (nSPS) is 14.5. The lowest BCUT2D eigenvalue weighted by molar-refractivity contribution is 0.0895. The van der Waals surface area contributed by atoms with Crippen molar-refractivity contribution in [1.82, 2.24) is 4.57 Å². The quantitative estimate of drug-likeness (QED) is 0.800. The number of aliphatic hydroxyl groups is 1. The van der Waals surface area contributed by atoms with Crippen molar-refractivity contribution >= 4 is 19.2 Å². The van der Waals surface area contributed by atoms with Crippen LogP contribution in [0.3, 0.4) is 0 Å². The molecule has 2 rings (SSSR count). The lowest BCUT2D eigenvalue weighted by atomic mass is 10.2. The number of hydrogen-bond acceptors (Lipinski definition) is 2. The third-order valence-electron chi connectivity index (χ3n) is 4.83. The minimum Gasteiger partial charge on any atom is -0.414 e. The first kappa shape index (κ1) is 17.3. The van der Waals surface area contributed by atoms with E-state index in [2.05, 4.69) is 75.0 Å². The van der Waals surface area contributed by atoms with E-state index in [1.54, 1.807) is 0 Å². The number of benzene rings is 1. The Balaban J connectivity index is 1.87. The van der Waals surface area contributed by atoms with E-state index in [0.29, 0.717) is 13.0 Å². The molecule has 4 heteroatoms. The molecule has 1 heterocycles. The fraction of sp³-hybridized carbons (Fsp3) is 0.556. The SMILES string of the molecule is CC(C)(C)[Si](C)(C)OC[C@@H](O)CCn1ccc2ccccc21. The summed E-state index contributed by atoms with van der Waals surface area (Å²) >= 11 is 0. The van der Waals surface area contributed by atoms with Crippen LogP contribution in [0.15, 0.2) is 36.5 Å². The van der Waals surface area contributed by atoms with Crippen LogP contribution in [0.2, 0.25) is 18.1 Å². The second-order valence-electron chi connectivity index (χ2n) is 7.58. The van der Waals surface area contributed by atoms with Gasteiger partial charge >= 0.3 is 0 Å². The van der Waals surface area contributed by atoms with Gasteiger partial charge in [0.25, 0.3) is 0 Å². The van der Waals surface area contributed by atoms with Gasteiger partial charge in [-0.3, -0.25) is 0 Å². The summed E-state index contributed by atoms with van der Waals surface area (Å²) < 4.78 is 8.29. The van der Waals surface area contributed by atoms with Crippen LogP contribution in [0.5, 0.6) is 0 Å². The van der Waals surface area contributed by atoms with Crippen molar-refractivity contribution in [3.63, 3.8) is 0 Å². The van der Waals surface area contributed by atoms with Crippen LogP contribution in [0.25, 0.3) is 10.9 Å². The maximum absolute atomic E-state index is 10.2. The van der Waals surface area contributed by atoms with E-state index in [4.69, 9.17) is 4.43 Å². The molecule has 0 bridgehead atoms. The van der Waals surface area contributed by atoms with E-state index in [1.807, 2.05) is 0 Å². The molecule has 122 valence electrons. The van der Waals surface area contributed by atoms with Gasteiger partial charge in [0.1, 0.15) is 0 Å². The highest BCUT2D eigenvalue weighted by Crippen LogP contribution is 2.36. The number of aryl methyl sites for hydroxylation is 1. The maximum Gasteiger partial charge on any atom is 0.192 e. The van der Waals surface area contributed by atoms with E-state index in [0.717, 1.165) is 6.54 Å². The summed E-state index contributed by atoms with van der Waals surface area (Å²) in [6.07, 6.45) is 2.40. The molecule has 1 N–H and O–H groups in total. The van der Waals surface area contributed by atoms with Crippen molar-refractivity contribution in [3.05, 3.63) is 36.5 Å². The third kappa shape index (κ3) is 4.00. The first-order valence-corrected chi connectivity index (χ1v) is 11.0. The second-order valence-corrected chi connectivity index (χ2v) is 12.4. The van der Waals surface area contributed by atoms with Crippen LogP contribution in [-0.4, -0.2) is 30.7 Å². The Morgan fingerprint density at radius 2 is 1.86 bits per heavy atom. The maximum atomic E-state index is 10.2. The lowest BCUT2D eigenvalue weighted by Gasteiger charge is -2.36. The molecule has 0 saturated heterocycles. The summed E-state index contributed by atoms with van der Waals surface area (Å²) in [4.78, 5) is 0. The summed E-state index contributed by atoms with van der Waals surface area (Å²) in [7, 11) is -1.77. The molecule has 0 fully saturated rings. The largest absolute Gasteiger partial charge is 0.414 e. The van der Waals surface area contributed by atoms with Crippen LogP contribution in [0, 0.1) is 0 Å². The molecule has 3 nitrogen and oxygen atoms in total. The van der Waals surface area contributed by atoms with E-state index >= 15 is 0 Å². The summed E-state index contributed by atoms with van der Waals surface area (Å²) in [5.41, 5.74) is 1.22. The van der Waals surface area contributed by atoms with Crippen LogP contribution >= 0.6 is 0 Å². The predicted octanol–water partition coefficient (Wildman–Crippen LogP) is 4.41. The van der Waals surface area contributed by atoms with Crippen molar-refractivity contribution in [2.24, 2.45) is 0 Å². The van der Waals surface area contributed by atoms with Gasteiger partial charge in [0, 0.05) is 18.3 Å². The Labute approximate surface area is 135 Å². The molecule has 0 amide bonds. The molecule has 1 aromatic heterocycles. The van der Waals surface area contributed by atoms with Gasteiger partial charge in [0.2, 0.25) is 0 Å². The van der Waals surface area contributed by atoms with Crippen molar-refractivity contribution in [2.45, 2.75) is 58.0 Å². The average molecular weight is 320 g/mol. The zero-order valence-electron chi connectivity index (χ0n) is 14.5. The van der Waals surface area contributed by atoms with Gasteiger partial charge in [-0.15, -0.1) is 0 Å². The number of fused-ring (bicyclic) bond motifs is 1. The van der Waals surface area contributed by atoms with Crippen LogP contribution in [-0.2, 0) is 11.0 Å². The van der Waals surface area contributed by atoms with Crippen LogP contribution in [0.1, 0.15) is 27.2 Å². The summed E-state index contributed by atoms with van der Waals surface area (Å²) in [6.45, 7) is 12.4. The molecule has 0 aliphatic heterocycles. The molecule has 0 aliphatic carbocycles. The van der Waals surface area contributed by atoms with Gasteiger partial charge < -0.3 is 14.1 Å². The van der Waals surface area contributed by atoms with Crippen LogP contribution < -0.4 is 0 Å². The fourth-order valence-electron chi connectivity index (χ4n) is 2.23. The Bertz CT molecular complexity index is 613. The minimum absolute atomic E-state index is 0.184. The van der Waals surface area contributed by atoms with Crippen molar-refractivity contribution in [2.75, 3.05) is 6.61 Å². The molecule has 1 aromatic carbocycles. The van der Waals surface area contributed by atoms with Crippen molar-refractivity contribution in [3.8, 4) is 0 Å². The monoisotopic (exact) mass is 319 g/mol. The lowest BCUT2D eigenvalue weighted by Crippen LogP contribution is -2.42. The molecule has 22 heavy (non-hydrogen) atoms. The number of hydrogen-bond donors (Lipinski definition) is 1. The number of nitrogens with zero attached hydrogens (tertiary/aromatic N) is 1. The molecule has 2 aromatic rings. The minimum atomic E-state index is -1.77. The number of aliphatic hydroxyl groups excluding tert-OH is 1. The molecule has 0 saturated carbocycles. The summed E-state index contributed by atoms with van der Waals surface area (Å²) in [5.74, 6) is 0. The molecule has 0 radical (unpaired) electrons. The Morgan fingerprint density at radius 1 is 1.18 bits per heavy atom. The zero-order valence-corrected chi connectivity index (χ0v) is 15.5. The van der Waals surface area contributed by atoms with Crippen LogP contribution in [0.4, 0.5) is 0 Å². The van der Waals surface area contributed by atoms with E-state index in [9.17, 15) is 5.11 Å². The first-order valence-electron chi connectivity index (χ1n) is 8.06. The molecule has 0 aliphatic rings. The van der Waals surface area contributed by atoms with Gasteiger partial charge in [-0.1, -0.05) is 39.0 Å². The molecule has 0 unspecified atom stereocenters. The first-order chi connectivity index (χ1) is 10.2. The summed E-state index contributed by atoms with van der Waals surface area (Å²) in [6, 6.07) is 10.5. The third-order valence-corrected chi connectivity index (χ3v) is 9.33. The van der Waals surface area contributed by atoms with Gasteiger partial charge in [-0.05, 0) is 42.1 Å². The fourth-order valence-corrected chi connectivity index (χ4v) is 3.27. The Kier molecular flexibility index (Phi) is 5.15. The van der Waals surface area contributed by atoms with Gasteiger partial charge in [0.05, 0.1) is 12.7 Å². The van der Waals surface area contributed by atoms with Gasteiger partial charge in [0.15, 0.2) is 8.32 Å². The standard InChI is InChI=1S/C18H29NO2Si/c1-18(2,3)22(4,5)21-14-16(20)11-13-19-12-10-15-8-6-7-9-17(15)19/h6-10,12,16,20H,11,13-14H2,1-5H3/t16-/m0/s1. The number of rotatable bonds is 6. The van der Waals surface area contributed by atoms with Crippen molar-refractivity contribution in [1.29, 1.82) is 0 Å². The van der Waals surface area contributed by atoms with Gasteiger partial charge in [-0.25, -0.2) is 0 Å². The zero-order chi connectivity index (χ0) is 16.4. The van der Waals surface area contributed by atoms with E-state index in [1.165, 1.54) is 10.9 Å². The highest BCUT2D eigenvalue weighted by atomic mass is 28.4. The molecule has 0 spiro atoms. The topological polar surface area (TPSA) is 34.4 Å². The number of aromatic nitrogens is 1. The highest BCUT2D eigenvalue weighted by Gasteiger charge is 2.37. The molecular weight excluding hydrogens is 290 g/mol. The Morgan fingerprint density at radius 3 is 2.55 bits per heavy atom. The molecular formula is C18H29NO2Si. The summed E-state index contributed by atoms with van der Waals surface area (Å²) in [5, 5.41) is 11.7.